The number of likely N-dealkylation sites (N-methyl/N-ethyl adjacent to an activating group) is 1. The van der Waals surface area contributed by atoms with Crippen LogP contribution in [-0.4, -0.2) is 31.1 Å². The minimum absolute atomic E-state index is 0.468. The molecule has 1 aromatic carbocycles. The van der Waals surface area contributed by atoms with Gasteiger partial charge in [-0.1, -0.05) is 37.6 Å². The maximum Gasteiger partial charge on any atom is 0.0451 e. The number of nitrogens with one attached hydrogen (secondary N) is 1. The third kappa shape index (κ3) is 3.80. The quantitative estimate of drug-likeness (QED) is 0.874. The van der Waals surface area contributed by atoms with Crippen LogP contribution in [0.1, 0.15) is 43.0 Å². The Morgan fingerprint density at radius 2 is 2.16 bits per heavy atom. The highest BCUT2D eigenvalue weighted by Gasteiger charge is 2.22. The number of aryl methyl sites for hydroxylation is 2. The van der Waals surface area contributed by atoms with Crippen molar-refractivity contribution < 1.29 is 0 Å². The Morgan fingerprint density at radius 3 is 2.74 bits per heavy atom. The standard InChI is InChI=1S/C17H28N2/c1-5-18-17(12-19-9-8-14(3)11-19)16-7-6-13(2)10-15(16)4/h6-7,10,14,17-18H,5,8-9,11-12H2,1-4H3. The Labute approximate surface area is 118 Å². The number of rotatable bonds is 5. The summed E-state index contributed by atoms with van der Waals surface area (Å²) in [6.07, 6.45) is 1.35. The van der Waals surface area contributed by atoms with Crippen molar-refractivity contribution in [2.24, 2.45) is 5.92 Å². The average molecular weight is 260 g/mol. The molecule has 106 valence electrons. The molecule has 1 aromatic rings. The largest absolute Gasteiger partial charge is 0.309 e. The van der Waals surface area contributed by atoms with E-state index in [1.807, 2.05) is 0 Å². The highest BCUT2D eigenvalue weighted by Crippen LogP contribution is 2.23. The summed E-state index contributed by atoms with van der Waals surface area (Å²) in [6, 6.07) is 7.30. The van der Waals surface area contributed by atoms with Crippen LogP contribution in [0.15, 0.2) is 18.2 Å². The normalized spacial score (nSPS) is 21.8. The molecule has 2 heteroatoms. The summed E-state index contributed by atoms with van der Waals surface area (Å²) in [5, 5.41) is 3.66. The molecule has 0 bridgehead atoms. The monoisotopic (exact) mass is 260 g/mol. The number of benzene rings is 1. The molecule has 2 atom stereocenters. The van der Waals surface area contributed by atoms with E-state index >= 15 is 0 Å². The minimum Gasteiger partial charge on any atom is -0.309 e. The van der Waals surface area contributed by atoms with E-state index in [1.165, 1.54) is 36.2 Å². The predicted molar refractivity (Wildman–Crippen MR) is 82.6 cm³/mol. The van der Waals surface area contributed by atoms with E-state index in [-0.39, 0.29) is 0 Å². The van der Waals surface area contributed by atoms with Crippen molar-refractivity contribution in [2.75, 3.05) is 26.2 Å². The van der Waals surface area contributed by atoms with Crippen LogP contribution in [-0.2, 0) is 0 Å². The molecular weight excluding hydrogens is 232 g/mol. The van der Waals surface area contributed by atoms with Gasteiger partial charge in [-0.3, -0.25) is 0 Å². The van der Waals surface area contributed by atoms with E-state index in [0.717, 1.165) is 19.0 Å². The molecule has 1 aliphatic heterocycles. The zero-order chi connectivity index (χ0) is 13.8. The molecule has 0 amide bonds. The summed E-state index contributed by atoms with van der Waals surface area (Å²) in [5.41, 5.74) is 4.23. The fourth-order valence-electron chi connectivity index (χ4n) is 3.19. The van der Waals surface area contributed by atoms with Gasteiger partial charge in [0.05, 0.1) is 0 Å². The van der Waals surface area contributed by atoms with E-state index in [2.05, 4.69) is 56.1 Å². The second-order valence-electron chi connectivity index (χ2n) is 6.12. The van der Waals surface area contributed by atoms with Crippen LogP contribution in [0.2, 0.25) is 0 Å². The fourth-order valence-corrected chi connectivity index (χ4v) is 3.19. The lowest BCUT2D eigenvalue weighted by molar-refractivity contribution is 0.286. The average Bonchev–Trinajstić information content (AvgIpc) is 2.74. The van der Waals surface area contributed by atoms with Crippen LogP contribution < -0.4 is 5.32 Å². The molecule has 0 spiro atoms. The Balaban J connectivity index is 2.10. The molecule has 19 heavy (non-hydrogen) atoms. The van der Waals surface area contributed by atoms with Gasteiger partial charge in [0.15, 0.2) is 0 Å². The van der Waals surface area contributed by atoms with Crippen molar-refractivity contribution in [1.29, 1.82) is 0 Å². The first-order chi connectivity index (χ1) is 9.10. The van der Waals surface area contributed by atoms with Crippen molar-refractivity contribution in [3.05, 3.63) is 34.9 Å². The van der Waals surface area contributed by atoms with Gasteiger partial charge < -0.3 is 10.2 Å². The Hall–Kier alpha value is -0.860. The number of nitrogens with zero attached hydrogens (tertiary/aromatic N) is 1. The number of hydrogen-bond donors (Lipinski definition) is 1. The van der Waals surface area contributed by atoms with Gasteiger partial charge in [-0.15, -0.1) is 0 Å². The van der Waals surface area contributed by atoms with E-state index in [0.29, 0.717) is 6.04 Å². The summed E-state index contributed by atoms with van der Waals surface area (Å²) in [6.45, 7) is 13.6. The second kappa shape index (κ2) is 6.53. The molecule has 1 aliphatic rings. The molecule has 1 N–H and O–H groups in total. The first kappa shape index (κ1) is 14.5. The van der Waals surface area contributed by atoms with Crippen molar-refractivity contribution in [2.45, 2.75) is 40.2 Å². The van der Waals surface area contributed by atoms with Gasteiger partial charge in [0.2, 0.25) is 0 Å². The SMILES string of the molecule is CCNC(CN1CCC(C)C1)c1ccc(C)cc1C. The van der Waals surface area contributed by atoms with Gasteiger partial charge in [-0.2, -0.15) is 0 Å². The van der Waals surface area contributed by atoms with Crippen LogP contribution in [0.25, 0.3) is 0 Å². The molecule has 0 aliphatic carbocycles. The van der Waals surface area contributed by atoms with Gasteiger partial charge >= 0.3 is 0 Å². The molecule has 1 saturated heterocycles. The summed E-state index contributed by atoms with van der Waals surface area (Å²) in [7, 11) is 0. The first-order valence-electron chi connectivity index (χ1n) is 7.63. The van der Waals surface area contributed by atoms with E-state index < -0.39 is 0 Å². The van der Waals surface area contributed by atoms with E-state index in [1.54, 1.807) is 0 Å². The van der Waals surface area contributed by atoms with Crippen LogP contribution >= 0.6 is 0 Å². The Morgan fingerprint density at radius 1 is 1.37 bits per heavy atom. The van der Waals surface area contributed by atoms with Crippen molar-refractivity contribution in [3.8, 4) is 0 Å². The van der Waals surface area contributed by atoms with Crippen LogP contribution in [0.4, 0.5) is 0 Å². The summed E-state index contributed by atoms with van der Waals surface area (Å²) in [5.74, 6) is 0.862. The zero-order valence-electron chi connectivity index (χ0n) is 12.9. The Kier molecular flexibility index (Phi) is 5.00. The molecule has 2 rings (SSSR count). The third-order valence-electron chi connectivity index (χ3n) is 4.20. The first-order valence-corrected chi connectivity index (χ1v) is 7.63. The van der Waals surface area contributed by atoms with Crippen LogP contribution in [0.5, 0.6) is 0 Å². The summed E-state index contributed by atoms with van der Waals surface area (Å²) in [4.78, 5) is 2.61. The van der Waals surface area contributed by atoms with Crippen molar-refractivity contribution in [3.63, 3.8) is 0 Å². The van der Waals surface area contributed by atoms with Gasteiger partial charge in [0.25, 0.3) is 0 Å². The molecule has 1 fully saturated rings. The summed E-state index contributed by atoms with van der Waals surface area (Å²) < 4.78 is 0. The van der Waals surface area contributed by atoms with Crippen LogP contribution in [0.3, 0.4) is 0 Å². The van der Waals surface area contributed by atoms with Gasteiger partial charge in [0, 0.05) is 19.1 Å². The molecule has 0 radical (unpaired) electrons. The van der Waals surface area contributed by atoms with Crippen molar-refractivity contribution in [1.82, 2.24) is 10.2 Å². The molecule has 0 aromatic heterocycles. The lowest BCUT2D eigenvalue weighted by Gasteiger charge is -2.26. The van der Waals surface area contributed by atoms with Crippen molar-refractivity contribution >= 4 is 0 Å². The smallest absolute Gasteiger partial charge is 0.0451 e. The van der Waals surface area contributed by atoms with Gasteiger partial charge in [-0.05, 0) is 50.4 Å². The molecule has 1 heterocycles. The van der Waals surface area contributed by atoms with Gasteiger partial charge in [0.1, 0.15) is 0 Å². The molecular formula is C17H28N2. The maximum atomic E-state index is 3.66. The molecule has 0 saturated carbocycles. The zero-order valence-corrected chi connectivity index (χ0v) is 12.9. The highest BCUT2D eigenvalue weighted by molar-refractivity contribution is 5.33. The number of hydrogen-bond acceptors (Lipinski definition) is 2. The second-order valence-corrected chi connectivity index (χ2v) is 6.12. The number of likely N-dealkylation sites (tertiary alicyclic amines) is 1. The van der Waals surface area contributed by atoms with E-state index in [9.17, 15) is 0 Å². The maximum absolute atomic E-state index is 3.66. The van der Waals surface area contributed by atoms with E-state index in [4.69, 9.17) is 0 Å². The molecule has 2 nitrogen and oxygen atoms in total. The molecule has 2 unspecified atom stereocenters. The van der Waals surface area contributed by atoms with Crippen LogP contribution in [0, 0.1) is 19.8 Å². The topological polar surface area (TPSA) is 15.3 Å². The summed E-state index contributed by atoms with van der Waals surface area (Å²) >= 11 is 0. The highest BCUT2D eigenvalue weighted by atomic mass is 15.2. The van der Waals surface area contributed by atoms with Gasteiger partial charge in [-0.25, -0.2) is 0 Å². The Bertz CT molecular complexity index is 414. The fraction of sp³-hybridized carbons (Fsp3) is 0.647. The predicted octanol–water partition coefficient (Wildman–Crippen LogP) is 3.30. The third-order valence-corrected chi connectivity index (χ3v) is 4.20. The lowest BCUT2D eigenvalue weighted by Crippen LogP contribution is -2.34. The lowest BCUT2D eigenvalue weighted by atomic mass is 9.98. The minimum atomic E-state index is 0.468.